The van der Waals surface area contributed by atoms with Gasteiger partial charge in [-0.2, -0.15) is 0 Å². The summed E-state index contributed by atoms with van der Waals surface area (Å²) in [5.74, 6) is -0.830. The number of nitrogens with zero attached hydrogens (tertiary/aromatic N) is 1. The van der Waals surface area contributed by atoms with Crippen molar-refractivity contribution in [3.8, 4) is 0 Å². The summed E-state index contributed by atoms with van der Waals surface area (Å²) in [6, 6.07) is 0. The molecule has 0 amide bonds. The Bertz CT molecular complexity index is 495. The predicted octanol–water partition coefficient (Wildman–Crippen LogP) is 1.99. The molecule has 0 fully saturated rings. The van der Waals surface area contributed by atoms with E-state index >= 15 is 0 Å². The number of pyridine rings is 1. The SMILES string of the molecule is [CH3][SnH]([CH3])[c]1ncc(C(=O)O)c2c1CC(C)(C)CC2. The Labute approximate surface area is 115 Å². The summed E-state index contributed by atoms with van der Waals surface area (Å²) in [6.07, 6.45) is 4.53. The predicted molar refractivity (Wildman–Crippen MR) is 75.5 cm³/mol. The molecular formula is C14H21NO2Sn. The number of carboxylic acids is 1. The normalized spacial score (nSPS) is 17.6. The van der Waals surface area contributed by atoms with Gasteiger partial charge in [0, 0.05) is 0 Å². The van der Waals surface area contributed by atoms with E-state index in [0.29, 0.717) is 5.56 Å². The molecule has 1 heterocycles. The van der Waals surface area contributed by atoms with E-state index in [1.54, 1.807) is 6.20 Å². The van der Waals surface area contributed by atoms with Crippen molar-refractivity contribution < 1.29 is 9.90 Å². The third-order valence-electron chi connectivity index (χ3n) is 3.82. The molecule has 1 aliphatic rings. The summed E-state index contributed by atoms with van der Waals surface area (Å²) < 4.78 is 1.28. The Morgan fingerprint density at radius 1 is 1.39 bits per heavy atom. The molecule has 0 atom stereocenters. The quantitative estimate of drug-likeness (QED) is 0.827. The van der Waals surface area contributed by atoms with Crippen molar-refractivity contribution in [3.63, 3.8) is 0 Å². The van der Waals surface area contributed by atoms with Gasteiger partial charge in [0.25, 0.3) is 0 Å². The molecule has 1 aliphatic carbocycles. The van der Waals surface area contributed by atoms with Crippen LogP contribution in [0, 0.1) is 5.41 Å². The van der Waals surface area contributed by atoms with Gasteiger partial charge in [0.1, 0.15) is 0 Å². The van der Waals surface area contributed by atoms with Gasteiger partial charge in [-0.05, 0) is 0 Å². The zero-order chi connectivity index (χ0) is 13.5. The van der Waals surface area contributed by atoms with Crippen LogP contribution < -0.4 is 3.71 Å². The van der Waals surface area contributed by atoms with Gasteiger partial charge in [-0.25, -0.2) is 0 Å². The van der Waals surface area contributed by atoms with E-state index in [1.165, 1.54) is 9.27 Å². The summed E-state index contributed by atoms with van der Waals surface area (Å²) in [5, 5.41) is 9.28. The van der Waals surface area contributed by atoms with Crippen LogP contribution in [0.25, 0.3) is 0 Å². The molecule has 0 saturated carbocycles. The number of hydrogen-bond acceptors (Lipinski definition) is 2. The molecule has 4 heteroatoms. The van der Waals surface area contributed by atoms with Crippen LogP contribution in [0.15, 0.2) is 6.20 Å². The molecule has 18 heavy (non-hydrogen) atoms. The fourth-order valence-corrected chi connectivity index (χ4v) is 6.64. The second kappa shape index (κ2) is 4.83. The molecule has 0 aliphatic heterocycles. The first-order chi connectivity index (χ1) is 8.32. The number of rotatable bonds is 2. The molecular weight excluding hydrogens is 333 g/mol. The molecule has 1 aromatic heterocycles. The number of fused-ring (bicyclic) bond motifs is 1. The van der Waals surface area contributed by atoms with Gasteiger partial charge in [-0.15, -0.1) is 0 Å². The molecule has 0 bridgehead atoms. The summed E-state index contributed by atoms with van der Waals surface area (Å²) in [6.45, 7) is 4.53. The van der Waals surface area contributed by atoms with Crippen molar-refractivity contribution in [3.05, 3.63) is 22.9 Å². The average Bonchev–Trinajstić information content (AvgIpc) is 2.25. The van der Waals surface area contributed by atoms with Gasteiger partial charge in [0.05, 0.1) is 0 Å². The van der Waals surface area contributed by atoms with Crippen LogP contribution in [0.2, 0.25) is 9.88 Å². The first-order valence-electron chi connectivity index (χ1n) is 6.56. The Hall–Kier alpha value is -0.581. The molecule has 2 rings (SSSR count). The molecule has 0 unspecified atom stereocenters. The van der Waals surface area contributed by atoms with E-state index in [0.717, 1.165) is 24.8 Å². The van der Waals surface area contributed by atoms with Crippen LogP contribution in [0.4, 0.5) is 0 Å². The van der Waals surface area contributed by atoms with Gasteiger partial charge in [-0.3, -0.25) is 0 Å². The van der Waals surface area contributed by atoms with Crippen LogP contribution in [-0.4, -0.2) is 35.8 Å². The van der Waals surface area contributed by atoms with Gasteiger partial charge in [0.15, 0.2) is 0 Å². The van der Waals surface area contributed by atoms with Crippen molar-refractivity contribution in [2.75, 3.05) is 0 Å². The van der Waals surface area contributed by atoms with Gasteiger partial charge >= 0.3 is 116 Å². The molecule has 0 spiro atoms. The van der Waals surface area contributed by atoms with Gasteiger partial charge in [0.2, 0.25) is 0 Å². The summed E-state index contributed by atoms with van der Waals surface area (Å²) in [5.41, 5.74) is 3.05. The third-order valence-corrected chi connectivity index (χ3v) is 8.36. The van der Waals surface area contributed by atoms with Crippen molar-refractivity contribution in [2.24, 2.45) is 5.41 Å². The second-order valence-electron chi connectivity index (χ2n) is 6.32. The summed E-state index contributed by atoms with van der Waals surface area (Å²) in [7, 11) is 0. The minimum absolute atomic E-state index is 0.279. The molecule has 1 aromatic rings. The van der Waals surface area contributed by atoms with Crippen molar-refractivity contribution >= 4 is 29.4 Å². The second-order valence-corrected chi connectivity index (χ2v) is 14.5. The summed E-state index contributed by atoms with van der Waals surface area (Å²) >= 11 is -1.70. The molecule has 1 N–H and O–H groups in total. The molecule has 3 nitrogen and oxygen atoms in total. The van der Waals surface area contributed by atoms with E-state index < -0.39 is 25.7 Å². The zero-order valence-corrected chi connectivity index (χ0v) is 14.9. The van der Waals surface area contributed by atoms with Crippen LogP contribution in [0.3, 0.4) is 0 Å². The maximum absolute atomic E-state index is 11.3. The van der Waals surface area contributed by atoms with Crippen LogP contribution in [0.5, 0.6) is 0 Å². The van der Waals surface area contributed by atoms with E-state index in [-0.39, 0.29) is 5.41 Å². The summed E-state index contributed by atoms with van der Waals surface area (Å²) in [4.78, 5) is 20.4. The molecule has 98 valence electrons. The fraction of sp³-hybridized carbons (Fsp3) is 0.571. The first kappa shape index (κ1) is 13.8. The van der Waals surface area contributed by atoms with Crippen molar-refractivity contribution in [1.82, 2.24) is 4.98 Å². The minimum atomic E-state index is -1.70. The number of hydrogen-bond donors (Lipinski definition) is 1. The van der Waals surface area contributed by atoms with Crippen molar-refractivity contribution in [2.45, 2.75) is 43.0 Å². The van der Waals surface area contributed by atoms with Gasteiger partial charge in [-0.1, -0.05) is 0 Å². The van der Waals surface area contributed by atoms with Gasteiger partial charge < -0.3 is 0 Å². The first-order valence-corrected chi connectivity index (χ1v) is 14.8. The number of aromatic nitrogens is 1. The Balaban J connectivity index is 2.60. The average molecular weight is 354 g/mol. The van der Waals surface area contributed by atoms with Crippen LogP contribution in [-0.2, 0) is 12.8 Å². The van der Waals surface area contributed by atoms with E-state index in [2.05, 4.69) is 28.7 Å². The topological polar surface area (TPSA) is 50.2 Å². The Morgan fingerprint density at radius 2 is 2.06 bits per heavy atom. The standard InChI is InChI=1S/C12H14NO2.2CH3.Sn.H/c1-12(2)4-3-9-8(5-12)6-13-7-10(9)11(14)15;;;;/h7H,3-5H2,1-2H3,(H,14,15);2*1H3;;. The van der Waals surface area contributed by atoms with E-state index in [9.17, 15) is 9.90 Å². The third kappa shape index (κ3) is 2.56. The zero-order valence-electron chi connectivity index (χ0n) is 11.6. The van der Waals surface area contributed by atoms with Crippen LogP contribution >= 0.6 is 0 Å². The molecule has 0 radical (unpaired) electrons. The van der Waals surface area contributed by atoms with E-state index in [1.807, 2.05) is 0 Å². The molecule has 0 saturated heterocycles. The maximum atomic E-state index is 11.3. The van der Waals surface area contributed by atoms with E-state index in [4.69, 9.17) is 0 Å². The Morgan fingerprint density at radius 3 is 2.61 bits per heavy atom. The van der Waals surface area contributed by atoms with Crippen molar-refractivity contribution in [1.29, 1.82) is 0 Å². The fourth-order valence-electron chi connectivity index (χ4n) is 2.80. The number of carbonyl (C=O) groups is 1. The van der Waals surface area contributed by atoms with Crippen LogP contribution in [0.1, 0.15) is 41.8 Å². The Kier molecular flexibility index (Phi) is 3.72. The molecule has 0 aromatic carbocycles. The monoisotopic (exact) mass is 355 g/mol. The number of aromatic carboxylic acids is 1. The number of carboxylic acid groups (broad SMARTS) is 1.